The van der Waals surface area contributed by atoms with Gasteiger partial charge >= 0.3 is 0 Å². The van der Waals surface area contributed by atoms with E-state index >= 15 is 0 Å². The van der Waals surface area contributed by atoms with E-state index in [0.29, 0.717) is 5.41 Å². The van der Waals surface area contributed by atoms with E-state index in [1.165, 1.54) is 45.4 Å². The van der Waals surface area contributed by atoms with Crippen LogP contribution in [-0.4, -0.2) is 49.8 Å². The van der Waals surface area contributed by atoms with Gasteiger partial charge in [-0.05, 0) is 64.5 Å². The number of nitrogens with zero attached hydrogens (tertiary/aromatic N) is 1. The molecule has 0 aromatic carbocycles. The molecule has 1 N–H and O–H groups in total. The van der Waals surface area contributed by atoms with Gasteiger partial charge < -0.3 is 15.0 Å². The van der Waals surface area contributed by atoms with Crippen LogP contribution in [0.1, 0.15) is 47.0 Å². The highest BCUT2D eigenvalue weighted by Crippen LogP contribution is 2.32. The van der Waals surface area contributed by atoms with Gasteiger partial charge in [-0.15, -0.1) is 0 Å². The van der Waals surface area contributed by atoms with Crippen molar-refractivity contribution in [3.8, 4) is 0 Å². The zero-order chi connectivity index (χ0) is 13.9. The van der Waals surface area contributed by atoms with Crippen LogP contribution in [0.15, 0.2) is 0 Å². The third-order valence-electron chi connectivity index (χ3n) is 4.60. The van der Waals surface area contributed by atoms with E-state index in [-0.39, 0.29) is 5.54 Å². The number of ether oxygens (including phenoxy) is 1. The summed E-state index contributed by atoms with van der Waals surface area (Å²) in [6.07, 6.45) is 3.82. The first-order valence-corrected chi connectivity index (χ1v) is 7.91. The van der Waals surface area contributed by atoms with Gasteiger partial charge in [0.15, 0.2) is 0 Å². The molecule has 0 aliphatic carbocycles. The molecule has 0 spiro atoms. The Morgan fingerprint density at radius 2 is 1.95 bits per heavy atom. The number of hydrogen-bond acceptors (Lipinski definition) is 3. The van der Waals surface area contributed by atoms with Crippen molar-refractivity contribution in [2.75, 3.05) is 39.4 Å². The minimum atomic E-state index is 0.250. The maximum absolute atomic E-state index is 5.50. The van der Waals surface area contributed by atoms with Crippen molar-refractivity contribution >= 4 is 0 Å². The van der Waals surface area contributed by atoms with Gasteiger partial charge in [0.05, 0.1) is 0 Å². The summed E-state index contributed by atoms with van der Waals surface area (Å²) in [5.74, 6) is 0.836. The van der Waals surface area contributed by atoms with Crippen molar-refractivity contribution < 1.29 is 4.74 Å². The van der Waals surface area contributed by atoms with Crippen LogP contribution in [0.5, 0.6) is 0 Å². The maximum Gasteiger partial charge on any atom is 0.0471 e. The lowest BCUT2D eigenvalue weighted by molar-refractivity contribution is 0.00802. The van der Waals surface area contributed by atoms with Gasteiger partial charge in [0.1, 0.15) is 0 Å². The molecule has 112 valence electrons. The van der Waals surface area contributed by atoms with Crippen LogP contribution >= 0.6 is 0 Å². The monoisotopic (exact) mass is 268 g/mol. The topological polar surface area (TPSA) is 24.5 Å². The van der Waals surface area contributed by atoms with Gasteiger partial charge in [-0.2, -0.15) is 0 Å². The predicted molar refractivity (Wildman–Crippen MR) is 80.5 cm³/mol. The first-order valence-electron chi connectivity index (χ1n) is 7.91. The summed E-state index contributed by atoms with van der Waals surface area (Å²) >= 11 is 0. The third kappa shape index (κ3) is 5.05. The summed E-state index contributed by atoms with van der Waals surface area (Å²) in [4.78, 5) is 2.68. The zero-order valence-electron chi connectivity index (χ0n) is 13.3. The average Bonchev–Trinajstić information content (AvgIpc) is 2.73. The SMILES string of the molecule is CC1(CN2CCC(CNC(C)(C)C)C2)CCOCC1. The molecule has 1 unspecified atom stereocenters. The largest absolute Gasteiger partial charge is 0.381 e. The summed E-state index contributed by atoms with van der Waals surface area (Å²) in [7, 11) is 0. The van der Waals surface area contributed by atoms with E-state index < -0.39 is 0 Å². The fraction of sp³-hybridized carbons (Fsp3) is 1.00. The molecule has 0 aromatic rings. The fourth-order valence-corrected chi connectivity index (χ4v) is 3.24. The van der Waals surface area contributed by atoms with Gasteiger partial charge in [-0.3, -0.25) is 0 Å². The molecule has 2 heterocycles. The minimum absolute atomic E-state index is 0.250. The van der Waals surface area contributed by atoms with Crippen LogP contribution in [0.25, 0.3) is 0 Å². The molecule has 0 saturated carbocycles. The predicted octanol–water partition coefficient (Wildman–Crippen LogP) is 2.51. The third-order valence-corrected chi connectivity index (χ3v) is 4.60. The van der Waals surface area contributed by atoms with Crippen LogP contribution in [0.2, 0.25) is 0 Å². The molecule has 2 aliphatic heterocycles. The smallest absolute Gasteiger partial charge is 0.0471 e. The summed E-state index contributed by atoms with van der Waals surface area (Å²) < 4.78 is 5.50. The number of nitrogens with one attached hydrogen (secondary N) is 1. The second-order valence-electron chi connectivity index (χ2n) is 7.94. The van der Waals surface area contributed by atoms with Crippen molar-refractivity contribution in [3.05, 3.63) is 0 Å². The van der Waals surface area contributed by atoms with Gasteiger partial charge in [0.25, 0.3) is 0 Å². The van der Waals surface area contributed by atoms with Crippen LogP contribution in [-0.2, 0) is 4.74 Å². The standard InChI is InChI=1S/C16H32N2O/c1-15(2,3)17-11-14-5-8-18(12-14)13-16(4)6-9-19-10-7-16/h14,17H,5-13H2,1-4H3. The summed E-state index contributed by atoms with van der Waals surface area (Å²) in [5, 5.41) is 3.65. The Bertz CT molecular complexity index is 279. The normalized spacial score (nSPS) is 28.7. The number of hydrogen-bond donors (Lipinski definition) is 1. The Labute approximate surface area is 119 Å². The van der Waals surface area contributed by atoms with E-state index in [9.17, 15) is 0 Å². The summed E-state index contributed by atoms with van der Waals surface area (Å²) in [6, 6.07) is 0. The van der Waals surface area contributed by atoms with E-state index in [0.717, 1.165) is 19.1 Å². The highest BCUT2D eigenvalue weighted by atomic mass is 16.5. The van der Waals surface area contributed by atoms with Crippen molar-refractivity contribution in [1.29, 1.82) is 0 Å². The van der Waals surface area contributed by atoms with Gasteiger partial charge in [0.2, 0.25) is 0 Å². The van der Waals surface area contributed by atoms with E-state index in [4.69, 9.17) is 4.74 Å². The Balaban J connectivity index is 1.72. The van der Waals surface area contributed by atoms with Crippen molar-refractivity contribution in [1.82, 2.24) is 10.2 Å². The summed E-state index contributed by atoms with van der Waals surface area (Å²) in [5.41, 5.74) is 0.741. The Morgan fingerprint density at radius 3 is 2.58 bits per heavy atom. The van der Waals surface area contributed by atoms with E-state index in [2.05, 4.69) is 37.9 Å². The number of rotatable bonds is 4. The Morgan fingerprint density at radius 1 is 1.26 bits per heavy atom. The van der Waals surface area contributed by atoms with Crippen LogP contribution < -0.4 is 5.32 Å². The molecule has 0 aromatic heterocycles. The first kappa shape index (κ1) is 15.3. The molecule has 2 fully saturated rings. The van der Waals surface area contributed by atoms with Crippen LogP contribution in [0, 0.1) is 11.3 Å². The second kappa shape index (κ2) is 6.11. The Hall–Kier alpha value is -0.120. The lowest BCUT2D eigenvalue weighted by Crippen LogP contribution is -2.41. The molecule has 0 amide bonds. The molecule has 1 atom stereocenters. The van der Waals surface area contributed by atoms with Gasteiger partial charge in [-0.1, -0.05) is 6.92 Å². The molecular formula is C16H32N2O. The molecule has 3 nitrogen and oxygen atoms in total. The quantitative estimate of drug-likeness (QED) is 0.848. The Kier molecular flexibility index (Phi) is 4.91. The maximum atomic E-state index is 5.50. The molecule has 3 heteroatoms. The number of likely N-dealkylation sites (tertiary alicyclic amines) is 1. The molecule has 2 aliphatic rings. The van der Waals surface area contributed by atoms with Crippen molar-refractivity contribution in [2.24, 2.45) is 11.3 Å². The zero-order valence-corrected chi connectivity index (χ0v) is 13.3. The highest BCUT2D eigenvalue weighted by Gasteiger charge is 2.32. The fourth-order valence-electron chi connectivity index (χ4n) is 3.24. The molecule has 2 rings (SSSR count). The summed E-state index contributed by atoms with van der Waals surface area (Å²) in [6.45, 7) is 16.1. The van der Waals surface area contributed by atoms with E-state index in [1.807, 2.05) is 0 Å². The van der Waals surface area contributed by atoms with E-state index in [1.54, 1.807) is 0 Å². The molecule has 2 saturated heterocycles. The van der Waals surface area contributed by atoms with Crippen molar-refractivity contribution in [3.63, 3.8) is 0 Å². The lowest BCUT2D eigenvalue weighted by Gasteiger charge is -2.37. The lowest BCUT2D eigenvalue weighted by atomic mass is 9.82. The minimum Gasteiger partial charge on any atom is -0.381 e. The van der Waals surface area contributed by atoms with Gasteiger partial charge in [0, 0.05) is 31.8 Å². The van der Waals surface area contributed by atoms with Crippen LogP contribution in [0.4, 0.5) is 0 Å². The van der Waals surface area contributed by atoms with Crippen molar-refractivity contribution in [2.45, 2.75) is 52.5 Å². The van der Waals surface area contributed by atoms with Gasteiger partial charge in [-0.25, -0.2) is 0 Å². The molecular weight excluding hydrogens is 236 g/mol. The second-order valence-corrected chi connectivity index (χ2v) is 7.94. The molecule has 0 radical (unpaired) electrons. The average molecular weight is 268 g/mol. The van der Waals surface area contributed by atoms with Crippen LogP contribution in [0.3, 0.4) is 0 Å². The first-order chi connectivity index (χ1) is 8.86. The molecule has 19 heavy (non-hydrogen) atoms. The molecule has 0 bridgehead atoms. The highest BCUT2D eigenvalue weighted by molar-refractivity contribution is 4.86.